The zero-order chi connectivity index (χ0) is 14.5. The van der Waals surface area contributed by atoms with Gasteiger partial charge in [-0.05, 0) is 50.4 Å². The molecule has 1 heterocycles. The third-order valence-corrected chi connectivity index (χ3v) is 4.01. The number of hydrogen-bond donors (Lipinski definition) is 1. The van der Waals surface area contributed by atoms with Crippen LogP contribution in [0.3, 0.4) is 0 Å². The van der Waals surface area contributed by atoms with Crippen molar-refractivity contribution >= 4 is 11.0 Å². The summed E-state index contributed by atoms with van der Waals surface area (Å²) < 4.78 is 6.07. The average molecular weight is 273 g/mol. The fourth-order valence-corrected chi connectivity index (χ4v) is 2.54. The summed E-state index contributed by atoms with van der Waals surface area (Å²) in [5.74, 6) is 1.79. The molecule has 0 bridgehead atoms. The van der Waals surface area contributed by atoms with Crippen molar-refractivity contribution in [2.24, 2.45) is 5.92 Å². The minimum Gasteiger partial charge on any atom is -0.459 e. The molecule has 0 saturated carbocycles. The molecule has 1 aromatic carbocycles. The van der Waals surface area contributed by atoms with E-state index in [2.05, 4.69) is 57.3 Å². The highest BCUT2D eigenvalue weighted by Crippen LogP contribution is 2.29. The quantitative estimate of drug-likeness (QED) is 0.748. The van der Waals surface area contributed by atoms with Gasteiger partial charge < -0.3 is 9.73 Å². The van der Waals surface area contributed by atoms with Gasteiger partial charge in [0.1, 0.15) is 11.3 Å². The zero-order valence-electron chi connectivity index (χ0n) is 13.2. The Morgan fingerprint density at radius 2 is 2.00 bits per heavy atom. The van der Waals surface area contributed by atoms with E-state index in [1.807, 2.05) is 0 Å². The Morgan fingerprint density at radius 1 is 1.20 bits per heavy atom. The fourth-order valence-electron chi connectivity index (χ4n) is 2.54. The minimum absolute atomic E-state index is 0.331. The number of aryl methyl sites for hydroxylation is 1. The molecule has 2 aromatic rings. The van der Waals surface area contributed by atoms with E-state index in [4.69, 9.17) is 4.42 Å². The summed E-state index contributed by atoms with van der Waals surface area (Å²) in [4.78, 5) is 0. The van der Waals surface area contributed by atoms with Gasteiger partial charge in [-0.3, -0.25) is 0 Å². The van der Waals surface area contributed by atoms with Crippen LogP contribution in [-0.4, -0.2) is 6.54 Å². The van der Waals surface area contributed by atoms with Crippen molar-refractivity contribution in [3.63, 3.8) is 0 Å². The fraction of sp³-hybridized carbons (Fsp3) is 0.556. The van der Waals surface area contributed by atoms with E-state index in [1.165, 1.54) is 17.4 Å². The first-order chi connectivity index (χ1) is 9.63. The third-order valence-electron chi connectivity index (χ3n) is 4.01. The molecule has 2 nitrogen and oxygen atoms in total. The third kappa shape index (κ3) is 3.63. The lowest BCUT2D eigenvalue weighted by molar-refractivity contribution is 0.355. The molecule has 0 aliphatic carbocycles. The molecule has 1 N–H and O–H groups in total. The molecule has 0 amide bonds. The highest BCUT2D eigenvalue weighted by Gasteiger charge is 2.18. The van der Waals surface area contributed by atoms with Crippen LogP contribution in [0.1, 0.15) is 57.4 Å². The van der Waals surface area contributed by atoms with Crippen molar-refractivity contribution in [3.8, 4) is 0 Å². The van der Waals surface area contributed by atoms with E-state index in [9.17, 15) is 0 Å². The van der Waals surface area contributed by atoms with Crippen LogP contribution in [0.25, 0.3) is 11.0 Å². The van der Waals surface area contributed by atoms with E-state index in [0.29, 0.717) is 12.0 Å². The van der Waals surface area contributed by atoms with Gasteiger partial charge in [-0.15, -0.1) is 0 Å². The average Bonchev–Trinajstić information content (AvgIpc) is 2.85. The topological polar surface area (TPSA) is 25.2 Å². The first-order valence-corrected chi connectivity index (χ1v) is 7.87. The van der Waals surface area contributed by atoms with Gasteiger partial charge in [0.2, 0.25) is 0 Å². The maximum atomic E-state index is 6.07. The van der Waals surface area contributed by atoms with Gasteiger partial charge in [-0.2, -0.15) is 0 Å². The summed E-state index contributed by atoms with van der Waals surface area (Å²) in [6.45, 7) is 9.93. The highest BCUT2D eigenvalue weighted by atomic mass is 16.3. The summed E-state index contributed by atoms with van der Waals surface area (Å²) in [5.41, 5.74) is 2.28. The lowest BCUT2D eigenvalue weighted by Crippen LogP contribution is -2.23. The highest BCUT2D eigenvalue weighted by molar-refractivity contribution is 5.78. The van der Waals surface area contributed by atoms with Crippen LogP contribution in [-0.2, 0) is 0 Å². The zero-order valence-corrected chi connectivity index (χ0v) is 13.2. The van der Waals surface area contributed by atoms with Crippen molar-refractivity contribution in [2.75, 3.05) is 6.54 Å². The van der Waals surface area contributed by atoms with Crippen molar-refractivity contribution < 1.29 is 4.42 Å². The Kier molecular flexibility index (Phi) is 5.24. The summed E-state index contributed by atoms with van der Waals surface area (Å²) in [7, 11) is 0. The molecule has 1 aromatic heterocycles. The molecule has 2 unspecified atom stereocenters. The summed E-state index contributed by atoms with van der Waals surface area (Å²) in [5, 5.41) is 4.85. The molecule has 0 aliphatic rings. The van der Waals surface area contributed by atoms with E-state index >= 15 is 0 Å². The molecule has 2 rings (SSSR count). The molecule has 0 radical (unpaired) electrons. The Bertz CT molecular complexity index is 543. The molecular weight excluding hydrogens is 246 g/mol. The van der Waals surface area contributed by atoms with E-state index in [-0.39, 0.29) is 0 Å². The maximum absolute atomic E-state index is 6.07. The molecule has 0 aliphatic heterocycles. The van der Waals surface area contributed by atoms with Gasteiger partial charge >= 0.3 is 0 Å². The van der Waals surface area contributed by atoms with Gasteiger partial charge in [0, 0.05) is 5.39 Å². The van der Waals surface area contributed by atoms with Crippen molar-refractivity contribution in [1.82, 2.24) is 5.32 Å². The van der Waals surface area contributed by atoms with E-state index in [1.54, 1.807) is 0 Å². The molecule has 0 fully saturated rings. The molecule has 2 heteroatoms. The van der Waals surface area contributed by atoms with Crippen molar-refractivity contribution in [3.05, 3.63) is 35.6 Å². The summed E-state index contributed by atoms with van der Waals surface area (Å²) in [6, 6.07) is 8.92. The Morgan fingerprint density at radius 3 is 2.70 bits per heavy atom. The molecule has 2 atom stereocenters. The Hall–Kier alpha value is -1.28. The second-order valence-corrected chi connectivity index (χ2v) is 5.95. The Labute approximate surface area is 122 Å². The lowest BCUT2D eigenvalue weighted by Gasteiger charge is -2.19. The van der Waals surface area contributed by atoms with Crippen LogP contribution < -0.4 is 5.32 Å². The molecule has 0 saturated heterocycles. The molecule has 110 valence electrons. The van der Waals surface area contributed by atoms with Crippen LogP contribution in [0, 0.1) is 12.8 Å². The summed E-state index contributed by atoms with van der Waals surface area (Å²) in [6.07, 6.45) is 3.50. The normalized spacial score (nSPS) is 14.6. The van der Waals surface area contributed by atoms with E-state index < -0.39 is 0 Å². The second kappa shape index (κ2) is 6.94. The molecular formula is C18H27NO. The number of furan rings is 1. The monoisotopic (exact) mass is 273 g/mol. The lowest BCUT2D eigenvalue weighted by atomic mass is 9.97. The number of hydrogen-bond acceptors (Lipinski definition) is 2. The largest absolute Gasteiger partial charge is 0.459 e. The predicted molar refractivity (Wildman–Crippen MR) is 86.1 cm³/mol. The second-order valence-electron chi connectivity index (χ2n) is 5.95. The first kappa shape index (κ1) is 15.1. The first-order valence-electron chi connectivity index (χ1n) is 7.87. The smallest absolute Gasteiger partial charge is 0.134 e. The molecule has 0 spiro atoms. The minimum atomic E-state index is 0.331. The number of rotatable bonds is 7. The van der Waals surface area contributed by atoms with Crippen molar-refractivity contribution in [1.29, 1.82) is 0 Å². The van der Waals surface area contributed by atoms with Gasteiger partial charge in [-0.25, -0.2) is 0 Å². The summed E-state index contributed by atoms with van der Waals surface area (Å²) >= 11 is 0. The van der Waals surface area contributed by atoms with Crippen LogP contribution in [0.4, 0.5) is 0 Å². The number of benzene rings is 1. The van der Waals surface area contributed by atoms with Crippen molar-refractivity contribution in [2.45, 2.75) is 53.0 Å². The van der Waals surface area contributed by atoms with Gasteiger partial charge in [0.25, 0.3) is 0 Å². The molecule has 20 heavy (non-hydrogen) atoms. The number of fused-ring (bicyclic) bond motifs is 1. The number of nitrogens with one attached hydrogen (secondary N) is 1. The SMILES string of the molecule is CCCNC(CC(C)CC)c1cc2cc(C)ccc2o1. The predicted octanol–water partition coefficient (Wildman–Crippen LogP) is 5.22. The van der Waals surface area contributed by atoms with Gasteiger partial charge in [0.05, 0.1) is 6.04 Å². The standard InChI is InChI=1S/C18H27NO/c1-5-9-19-16(11-13(3)6-2)18-12-15-10-14(4)7-8-17(15)20-18/h7-8,10,12-13,16,19H,5-6,9,11H2,1-4H3. The van der Waals surface area contributed by atoms with Crippen LogP contribution in [0.2, 0.25) is 0 Å². The van der Waals surface area contributed by atoms with E-state index in [0.717, 1.165) is 30.7 Å². The Balaban J connectivity index is 2.24. The van der Waals surface area contributed by atoms with Gasteiger partial charge in [0.15, 0.2) is 0 Å². The van der Waals surface area contributed by atoms with Crippen LogP contribution in [0.5, 0.6) is 0 Å². The van der Waals surface area contributed by atoms with Crippen LogP contribution in [0.15, 0.2) is 28.7 Å². The maximum Gasteiger partial charge on any atom is 0.134 e. The van der Waals surface area contributed by atoms with Gasteiger partial charge in [-0.1, -0.05) is 38.8 Å². The van der Waals surface area contributed by atoms with Crippen LogP contribution >= 0.6 is 0 Å².